The smallest absolute Gasteiger partial charge is 0.257 e. The highest BCUT2D eigenvalue weighted by Crippen LogP contribution is 2.06. The van der Waals surface area contributed by atoms with Crippen LogP contribution >= 0.6 is 12.2 Å². The van der Waals surface area contributed by atoms with Crippen LogP contribution in [0.15, 0.2) is 24.3 Å². The van der Waals surface area contributed by atoms with Crippen LogP contribution < -0.4 is 10.2 Å². The molecule has 0 radical (unpaired) electrons. The van der Waals surface area contributed by atoms with E-state index in [-0.39, 0.29) is 5.91 Å². The number of carbonyl (C=O) groups excluding carboxylic acids is 1. The Morgan fingerprint density at radius 2 is 1.95 bits per heavy atom. The van der Waals surface area contributed by atoms with Gasteiger partial charge in [0.15, 0.2) is 5.11 Å². The summed E-state index contributed by atoms with van der Waals surface area (Å²) in [5, 5.41) is 3.37. The number of rotatable bonds is 1. The van der Waals surface area contributed by atoms with Gasteiger partial charge in [-0.15, -0.1) is 0 Å². The summed E-state index contributed by atoms with van der Waals surface area (Å²) < 4.78 is 0. The minimum absolute atomic E-state index is 0.116. The Bertz CT molecular complexity index is 481. The van der Waals surface area contributed by atoms with Gasteiger partial charge in [0.2, 0.25) is 0 Å². The van der Waals surface area contributed by atoms with Crippen LogP contribution in [0.3, 0.4) is 0 Å². The topological polar surface area (TPSA) is 36.8 Å². The molecule has 2 rings (SSSR count). The van der Waals surface area contributed by atoms with Crippen molar-refractivity contribution in [3.63, 3.8) is 0 Å². The molecule has 0 bridgehead atoms. The van der Waals surface area contributed by atoms with Gasteiger partial charge in [0, 0.05) is 5.56 Å². The number of amides is 1. The Morgan fingerprint density at radius 3 is 2.58 bits per heavy atom. The number of hydrogen-bond donors (Lipinski definition) is 2. The quantitative estimate of drug-likeness (QED) is 0.701. The number of quaternary nitrogens is 1. The van der Waals surface area contributed by atoms with Crippen LogP contribution in [0, 0.1) is 6.92 Å². The van der Waals surface area contributed by atoms with Crippen molar-refractivity contribution in [3.05, 3.63) is 35.4 Å². The van der Waals surface area contributed by atoms with Crippen LogP contribution in [0.4, 0.5) is 0 Å². The number of piperazine rings is 1. The number of likely N-dealkylation sites (N-methyl/N-ethyl adjacent to an activating group) is 1. The van der Waals surface area contributed by atoms with Gasteiger partial charge < -0.3 is 9.80 Å². The number of aryl methyl sites for hydroxylation is 1. The van der Waals surface area contributed by atoms with Crippen molar-refractivity contribution < 1.29 is 9.69 Å². The fourth-order valence-corrected chi connectivity index (χ4v) is 2.44. The molecule has 102 valence electrons. The lowest BCUT2D eigenvalue weighted by Crippen LogP contribution is -3.12. The second kappa shape index (κ2) is 6.12. The van der Waals surface area contributed by atoms with E-state index in [1.54, 1.807) is 0 Å². The van der Waals surface area contributed by atoms with Crippen LogP contribution in [0.25, 0.3) is 0 Å². The van der Waals surface area contributed by atoms with Gasteiger partial charge in [-0.25, -0.2) is 0 Å². The summed E-state index contributed by atoms with van der Waals surface area (Å²) >= 11 is 5.32. The largest absolute Gasteiger partial charge is 0.338 e. The Balaban J connectivity index is 1.96. The van der Waals surface area contributed by atoms with Crippen LogP contribution in [0.5, 0.6) is 0 Å². The van der Waals surface area contributed by atoms with Crippen LogP contribution in [-0.4, -0.2) is 49.1 Å². The molecule has 19 heavy (non-hydrogen) atoms. The molecule has 2 N–H and O–H groups in total. The van der Waals surface area contributed by atoms with E-state index >= 15 is 0 Å². The molecule has 1 aliphatic rings. The van der Waals surface area contributed by atoms with E-state index in [1.807, 2.05) is 31.2 Å². The maximum Gasteiger partial charge on any atom is 0.257 e. The standard InChI is InChI=1S/C14H19N3OS/c1-11-5-3-4-6-12(11)13(18)15-14(19)17-9-7-16(2)8-10-17/h3-6H,7-10H2,1-2H3,(H,15,18,19)/p+1. The molecule has 0 unspecified atom stereocenters. The average molecular weight is 278 g/mol. The van der Waals surface area contributed by atoms with Gasteiger partial charge in [-0.1, -0.05) is 18.2 Å². The number of nitrogens with zero attached hydrogens (tertiary/aromatic N) is 1. The normalized spacial score (nSPS) is 16.2. The van der Waals surface area contributed by atoms with E-state index in [4.69, 9.17) is 12.2 Å². The lowest BCUT2D eigenvalue weighted by molar-refractivity contribution is -0.883. The summed E-state index contributed by atoms with van der Waals surface area (Å²) in [7, 11) is 2.17. The fourth-order valence-electron chi connectivity index (χ4n) is 2.16. The van der Waals surface area contributed by atoms with Crippen molar-refractivity contribution >= 4 is 23.2 Å². The van der Waals surface area contributed by atoms with Gasteiger partial charge in [-0.05, 0) is 30.8 Å². The highest BCUT2D eigenvalue weighted by atomic mass is 32.1. The van der Waals surface area contributed by atoms with E-state index in [9.17, 15) is 4.79 Å². The number of hydrogen-bond acceptors (Lipinski definition) is 2. The summed E-state index contributed by atoms with van der Waals surface area (Å²) in [4.78, 5) is 15.7. The molecule has 0 aliphatic carbocycles. The van der Waals surface area contributed by atoms with Gasteiger partial charge in [0.1, 0.15) is 0 Å². The third-order valence-corrected chi connectivity index (χ3v) is 3.87. The minimum atomic E-state index is -0.116. The van der Waals surface area contributed by atoms with E-state index in [2.05, 4.69) is 17.3 Å². The number of thiocarbonyl (C=S) groups is 1. The Labute approximate surface area is 119 Å². The zero-order valence-corrected chi connectivity index (χ0v) is 12.2. The summed E-state index contributed by atoms with van der Waals surface area (Å²) in [5.41, 5.74) is 1.65. The predicted molar refractivity (Wildman–Crippen MR) is 79.4 cm³/mol. The number of nitrogens with one attached hydrogen (secondary N) is 2. The summed E-state index contributed by atoms with van der Waals surface area (Å²) in [6.07, 6.45) is 0. The summed E-state index contributed by atoms with van der Waals surface area (Å²) in [6.45, 7) is 5.84. The molecule has 0 spiro atoms. The molecule has 0 saturated carbocycles. The fraction of sp³-hybridized carbons (Fsp3) is 0.429. The molecular formula is C14H20N3OS+. The summed E-state index contributed by atoms with van der Waals surface area (Å²) in [5.74, 6) is -0.116. The maximum atomic E-state index is 12.2. The van der Waals surface area contributed by atoms with Gasteiger partial charge in [-0.2, -0.15) is 0 Å². The second-order valence-electron chi connectivity index (χ2n) is 5.02. The first kappa shape index (κ1) is 14.0. The van der Waals surface area contributed by atoms with Gasteiger partial charge in [0.05, 0.1) is 33.2 Å². The lowest BCUT2D eigenvalue weighted by atomic mass is 10.1. The average Bonchev–Trinajstić information content (AvgIpc) is 2.39. The first-order chi connectivity index (χ1) is 9.08. The van der Waals surface area contributed by atoms with Crippen molar-refractivity contribution in [1.82, 2.24) is 10.2 Å². The molecule has 1 aliphatic heterocycles. The minimum Gasteiger partial charge on any atom is -0.338 e. The SMILES string of the molecule is Cc1ccccc1C(=O)NC(=S)N1CC[NH+](C)CC1. The molecular weight excluding hydrogens is 258 g/mol. The van der Waals surface area contributed by atoms with E-state index < -0.39 is 0 Å². The van der Waals surface area contributed by atoms with E-state index in [0.717, 1.165) is 31.7 Å². The molecule has 1 saturated heterocycles. The van der Waals surface area contributed by atoms with Crippen molar-refractivity contribution in [2.75, 3.05) is 33.2 Å². The molecule has 1 aromatic carbocycles. The second-order valence-corrected chi connectivity index (χ2v) is 5.41. The molecule has 1 amide bonds. The Kier molecular flexibility index (Phi) is 4.50. The highest BCUT2D eigenvalue weighted by Gasteiger charge is 2.20. The molecule has 4 nitrogen and oxygen atoms in total. The number of carbonyl (C=O) groups is 1. The first-order valence-electron chi connectivity index (χ1n) is 6.55. The van der Waals surface area contributed by atoms with Crippen LogP contribution in [-0.2, 0) is 0 Å². The van der Waals surface area contributed by atoms with Crippen LogP contribution in [0.2, 0.25) is 0 Å². The Morgan fingerprint density at radius 1 is 1.32 bits per heavy atom. The molecule has 0 atom stereocenters. The van der Waals surface area contributed by atoms with Gasteiger partial charge in [-0.3, -0.25) is 10.1 Å². The monoisotopic (exact) mass is 278 g/mol. The highest BCUT2D eigenvalue weighted by molar-refractivity contribution is 7.80. The van der Waals surface area contributed by atoms with Crippen molar-refractivity contribution in [2.45, 2.75) is 6.92 Å². The van der Waals surface area contributed by atoms with E-state index in [1.165, 1.54) is 4.90 Å². The molecule has 1 heterocycles. The third-order valence-electron chi connectivity index (χ3n) is 3.51. The number of benzene rings is 1. The maximum absolute atomic E-state index is 12.2. The molecule has 1 aromatic rings. The zero-order valence-electron chi connectivity index (χ0n) is 11.4. The van der Waals surface area contributed by atoms with Gasteiger partial charge >= 0.3 is 0 Å². The van der Waals surface area contributed by atoms with Crippen molar-refractivity contribution in [2.24, 2.45) is 0 Å². The summed E-state index contributed by atoms with van der Waals surface area (Å²) in [6, 6.07) is 7.54. The first-order valence-corrected chi connectivity index (χ1v) is 6.96. The molecule has 0 aromatic heterocycles. The molecule has 1 fully saturated rings. The van der Waals surface area contributed by atoms with Gasteiger partial charge in [0.25, 0.3) is 5.91 Å². The van der Waals surface area contributed by atoms with Crippen LogP contribution in [0.1, 0.15) is 15.9 Å². The zero-order chi connectivity index (χ0) is 13.8. The third kappa shape index (κ3) is 3.52. The molecule has 5 heteroatoms. The lowest BCUT2D eigenvalue weighted by Gasteiger charge is -2.31. The van der Waals surface area contributed by atoms with E-state index in [0.29, 0.717) is 10.7 Å². The van der Waals surface area contributed by atoms with Crippen molar-refractivity contribution in [1.29, 1.82) is 0 Å². The van der Waals surface area contributed by atoms with Crippen molar-refractivity contribution in [3.8, 4) is 0 Å². The Hall–Kier alpha value is -1.46. The predicted octanol–water partition coefficient (Wildman–Crippen LogP) is -0.160.